The molecule has 1 heterocycles. The maximum atomic E-state index is 13.3. The number of hydrogen-bond acceptors (Lipinski definition) is 2. The highest BCUT2D eigenvalue weighted by Gasteiger charge is 2.39. The van der Waals surface area contributed by atoms with E-state index in [4.69, 9.17) is 4.74 Å². The second-order valence-electron chi connectivity index (χ2n) is 4.18. The molecule has 0 radical (unpaired) electrons. The van der Waals surface area contributed by atoms with Crippen molar-refractivity contribution in [3.05, 3.63) is 0 Å². The molecule has 0 N–H and O–H groups in total. The molecule has 1 atom stereocenters. The van der Waals surface area contributed by atoms with Crippen LogP contribution in [0.15, 0.2) is 0 Å². The molecular weight excluding hydrogens is 159 g/mol. The van der Waals surface area contributed by atoms with Gasteiger partial charge in [-0.25, -0.2) is 4.39 Å². The van der Waals surface area contributed by atoms with Crippen LogP contribution in [0.3, 0.4) is 0 Å². The van der Waals surface area contributed by atoms with Crippen LogP contribution in [0.25, 0.3) is 0 Å². The smallest absolute Gasteiger partial charge is 0.128 e. The van der Waals surface area contributed by atoms with Crippen molar-refractivity contribution in [2.24, 2.45) is 5.41 Å². The molecule has 3 heteroatoms. The summed E-state index contributed by atoms with van der Waals surface area (Å²) in [6.07, 6.45) is 1.77. The first-order chi connectivity index (χ1) is 5.47. The summed E-state index contributed by atoms with van der Waals surface area (Å²) in [5.41, 5.74) is -1.84. The number of hydrogen-bond donors (Lipinski definition) is 0. The zero-order chi connectivity index (χ0) is 9.24. The molecule has 12 heavy (non-hydrogen) atoms. The molecule has 0 amide bonds. The highest BCUT2D eigenvalue weighted by molar-refractivity contribution is 5.60. The maximum absolute atomic E-state index is 13.3. The lowest BCUT2D eigenvalue weighted by Crippen LogP contribution is -2.31. The van der Waals surface area contributed by atoms with Crippen LogP contribution in [0, 0.1) is 5.41 Å². The highest BCUT2D eigenvalue weighted by Crippen LogP contribution is 2.36. The fraction of sp³-hybridized carbons (Fsp3) is 0.889. The zero-order valence-corrected chi connectivity index (χ0v) is 7.60. The number of rotatable bonds is 3. The van der Waals surface area contributed by atoms with E-state index in [0.717, 1.165) is 6.29 Å². The number of aldehydes is 1. The van der Waals surface area contributed by atoms with Gasteiger partial charge in [-0.05, 0) is 26.7 Å². The normalized spacial score (nSPS) is 30.6. The van der Waals surface area contributed by atoms with Crippen molar-refractivity contribution in [3.8, 4) is 0 Å². The minimum atomic E-state index is -1.28. The standard InChI is InChI=1S/C9H15FO2/c1-8(2,10)5-9(6-11)3-4-12-7-9/h6H,3-5,7H2,1-2H3. The summed E-state index contributed by atoms with van der Waals surface area (Å²) in [4.78, 5) is 10.8. The fourth-order valence-electron chi connectivity index (χ4n) is 1.73. The largest absolute Gasteiger partial charge is 0.380 e. The molecule has 2 nitrogen and oxygen atoms in total. The van der Waals surface area contributed by atoms with E-state index < -0.39 is 11.1 Å². The molecule has 1 saturated heterocycles. The Hall–Kier alpha value is -0.440. The second-order valence-corrected chi connectivity index (χ2v) is 4.18. The van der Waals surface area contributed by atoms with E-state index in [1.54, 1.807) is 0 Å². The van der Waals surface area contributed by atoms with Gasteiger partial charge in [0.05, 0.1) is 12.0 Å². The third-order valence-corrected chi connectivity index (χ3v) is 2.16. The van der Waals surface area contributed by atoms with Crippen molar-refractivity contribution in [2.45, 2.75) is 32.4 Å². The van der Waals surface area contributed by atoms with E-state index in [1.807, 2.05) is 0 Å². The molecular formula is C9H15FO2. The monoisotopic (exact) mass is 174 g/mol. The van der Waals surface area contributed by atoms with Crippen molar-refractivity contribution < 1.29 is 13.9 Å². The number of carbonyl (C=O) groups is 1. The molecule has 1 unspecified atom stereocenters. The lowest BCUT2D eigenvalue weighted by atomic mass is 9.80. The Balaban J connectivity index is 2.62. The predicted molar refractivity (Wildman–Crippen MR) is 43.7 cm³/mol. The van der Waals surface area contributed by atoms with E-state index in [1.165, 1.54) is 13.8 Å². The second kappa shape index (κ2) is 3.13. The first-order valence-electron chi connectivity index (χ1n) is 4.20. The Morgan fingerprint density at radius 2 is 2.33 bits per heavy atom. The first kappa shape index (κ1) is 9.65. The fourth-order valence-corrected chi connectivity index (χ4v) is 1.73. The SMILES string of the molecule is CC(C)(F)CC1(C=O)CCOC1. The van der Waals surface area contributed by atoms with E-state index in [2.05, 4.69) is 0 Å². The molecule has 1 fully saturated rings. The third kappa shape index (κ3) is 2.27. The molecule has 0 aliphatic carbocycles. The van der Waals surface area contributed by atoms with Gasteiger partial charge >= 0.3 is 0 Å². The van der Waals surface area contributed by atoms with Gasteiger partial charge in [-0.1, -0.05) is 0 Å². The first-order valence-corrected chi connectivity index (χ1v) is 4.20. The Kier molecular flexibility index (Phi) is 2.52. The summed E-state index contributed by atoms with van der Waals surface area (Å²) >= 11 is 0. The summed E-state index contributed by atoms with van der Waals surface area (Å²) in [5.74, 6) is 0. The van der Waals surface area contributed by atoms with Crippen molar-refractivity contribution in [2.75, 3.05) is 13.2 Å². The van der Waals surface area contributed by atoms with E-state index in [9.17, 15) is 9.18 Å². The van der Waals surface area contributed by atoms with Crippen molar-refractivity contribution in [3.63, 3.8) is 0 Å². The molecule has 1 aliphatic heterocycles. The van der Waals surface area contributed by atoms with Gasteiger partial charge in [0.1, 0.15) is 12.0 Å². The molecule has 0 aromatic carbocycles. The van der Waals surface area contributed by atoms with Gasteiger partial charge in [-0.3, -0.25) is 0 Å². The quantitative estimate of drug-likeness (QED) is 0.609. The molecule has 1 rings (SSSR count). The Bertz CT molecular complexity index is 166. The third-order valence-electron chi connectivity index (χ3n) is 2.16. The number of halogens is 1. The molecule has 1 aliphatic rings. The number of carbonyl (C=O) groups excluding carboxylic acids is 1. The zero-order valence-electron chi connectivity index (χ0n) is 7.60. The number of ether oxygens (including phenoxy) is 1. The Morgan fingerprint density at radius 1 is 1.67 bits per heavy atom. The van der Waals surface area contributed by atoms with Gasteiger partial charge in [0.2, 0.25) is 0 Å². The van der Waals surface area contributed by atoms with Crippen LogP contribution in [0.1, 0.15) is 26.7 Å². The van der Waals surface area contributed by atoms with Gasteiger partial charge in [0, 0.05) is 6.61 Å². The summed E-state index contributed by atoms with van der Waals surface area (Å²) in [6, 6.07) is 0. The van der Waals surface area contributed by atoms with Crippen molar-refractivity contribution in [1.29, 1.82) is 0 Å². The molecule has 0 spiro atoms. The average molecular weight is 174 g/mol. The molecule has 70 valence electrons. The lowest BCUT2D eigenvalue weighted by Gasteiger charge is -2.26. The summed E-state index contributed by atoms with van der Waals surface area (Å²) < 4.78 is 18.4. The Morgan fingerprint density at radius 3 is 2.67 bits per heavy atom. The van der Waals surface area contributed by atoms with Crippen LogP contribution >= 0.6 is 0 Å². The highest BCUT2D eigenvalue weighted by atomic mass is 19.1. The van der Waals surface area contributed by atoms with E-state index >= 15 is 0 Å². The molecule has 0 saturated carbocycles. The summed E-state index contributed by atoms with van der Waals surface area (Å²) in [5, 5.41) is 0. The van der Waals surface area contributed by atoms with Gasteiger partial charge < -0.3 is 9.53 Å². The maximum Gasteiger partial charge on any atom is 0.128 e. The predicted octanol–water partition coefficient (Wildman–Crippen LogP) is 1.73. The van der Waals surface area contributed by atoms with Gasteiger partial charge in [0.15, 0.2) is 0 Å². The van der Waals surface area contributed by atoms with Gasteiger partial charge in [-0.2, -0.15) is 0 Å². The topological polar surface area (TPSA) is 26.3 Å². The molecule has 0 aromatic heterocycles. The van der Waals surface area contributed by atoms with E-state index in [0.29, 0.717) is 19.6 Å². The van der Waals surface area contributed by atoms with Crippen molar-refractivity contribution in [1.82, 2.24) is 0 Å². The molecule has 0 aromatic rings. The summed E-state index contributed by atoms with van der Waals surface area (Å²) in [6.45, 7) is 3.95. The van der Waals surface area contributed by atoms with Crippen LogP contribution < -0.4 is 0 Å². The minimum Gasteiger partial charge on any atom is -0.380 e. The van der Waals surface area contributed by atoms with E-state index in [-0.39, 0.29) is 6.42 Å². The van der Waals surface area contributed by atoms with Crippen molar-refractivity contribution >= 4 is 6.29 Å². The van der Waals surface area contributed by atoms with Crippen LogP contribution in [0.2, 0.25) is 0 Å². The summed E-state index contributed by atoms with van der Waals surface area (Å²) in [7, 11) is 0. The van der Waals surface area contributed by atoms with Gasteiger partial charge in [-0.15, -0.1) is 0 Å². The van der Waals surface area contributed by atoms with Crippen LogP contribution in [-0.2, 0) is 9.53 Å². The number of alkyl halides is 1. The molecule has 0 bridgehead atoms. The van der Waals surface area contributed by atoms with Crippen LogP contribution in [-0.4, -0.2) is 25.2 Å². The Labute approximate surface area is 72.1 Å². The van der Waals surface area contributed by atoms with Crippen LogP contribution in [0.5, 0.6) is 0 Å². The van der Waals surface area contributed by atoms with Gasteiger partial charge in [0.25, 0.3) is 0 Å². The minimum absolute atomic E-state index is 0.267. The lowest BCUT2D eigenvalue weighted by molar-refractivity contribution is -0.118. The average Bonchev–Trinajstić information content (AvgIpc) is 2.34. The van der Waals surface area contributed by atoms with Crippen LogP contribution in [0.4, 0.5) is 4.39 Å².